The lowest BCUT2D eigenvalue weighted by Gasteiger charge is -2.29. The van der Waals surface area contributed by atoms with E-state index >= 15 is 0 Å². The van der Waals surface area contributed by atoms with Gasteiger partial charge in [0, 0.05) is 10.8 Å². The molecule has 0 aromatic carbocycles. The quantitative estimate of drug-likeness (QED) is 0.857. The van der Waals surface area contributed by atoms with E-state index in [1.54, 1.807) is 11.3 Å². The molecule has 0 radical (unpaired) electrons. The number of hydrogen-bond acceptors (Lipinski definition) is 3. The van der Waals surface area contributed by atoms with Gasteiger partial charge in [-0.05, 0) is 18.8 Å². The van der Waals surface area contributed by atoms with Gasteiger partial charge in [-0.15, -0.1) is 11.3 Å². The highest BCUT2D eigenvalue weighted by atomic mass is 32.1. The largest absolute Gasteiger partial charge is 0.319 e. The summed E-state index contributed by atoms with van der Waals surface area (Å²) in [5.41, 5.74) is 7.63. The minimum atomic E-state index is -0.246. The molecule has 2 unspecified atom stereocenters. The van der Waals surface area contributed by atoms with Crippen LogP contribution in [0.1, 0.15) is 71.5 Å². The van der Waals surface area contributed by atoms with E-state index in [1.165, 1.54) is 6.42 Å². The van der Waals surface area contributed by atoms with Crippen molar-refractivity contribution in [1.82, 2.24) is 4.98 Å². The Labute approximate surface area is 116 Å². The smallest absolute Gasteiger partial charge is 0.113 e. The topological polar surface area (TPSA) is 38.9 Å². The first-order valence-corrected chi connectivity index (χ1v) is 7.86. The summed E-state index contributed by atoms with van der Waals surface area (Å²) in [6, 6.07) is 0. The first kappa shape index (κ1) is 15.6. The van der Waals surface area contributed by atoms with Gasteiger partial charge in [0.1, 0.15) is 5.01 Å². The third-order valence-corrected chi connectivity index (χ3v) is 4.80. The van der Waals surface area contributed by atoms with E-state index < -0.39 is 0 Å². The minimum Gasteiger partial charge on any atom is -0.319 e. The van der Waals surface area contributed by atoms with Crippen molar-refractivity contribution in [3.63, 3.8) is 0 Å². The Morgan fingerprint density at radius 2 is 1.94 bits per heavy atom. The van der Waals surface area contributed by atoms with Gasteiger partial charge < -0.3 is 5.73 Å². The Balaban J connectivity index is 2.98. The van der Waals surface area contributed by atoms with Crippen LogP contribution in [0.2, 0.25) is 0 Å². The number of rotatable bonds is 5. The van der Waals surface area contributed by atoms with Gasteiger partial charge in [0.25, 0.3) is 0 Å². The first-order chi connectivity index (χ1) is 8.23. The van der Waals surface area contributed by atoms with Crippen molar-refractivity contribution >= 4 is 11.3 Å². The fraction of sp³-hybridized carbons (Fsp3) is 0.800. The van der Waals surface area contributed by atoms with Crippen LogP contribution in [0.25, 0.3) is 0 Å². The van der Waals surface area contributed by atoms with Gasteiger partial charge in [-0.2, -0.15) is 0 Å². The van der Waals surface area contributed by atoms with Gasteiger partial charge >= 0.3 is 0 Å². The van der Waals surface area contributed by atoms with Gasteiger partial charge in [-0.25, -0.2) is 4.98 Å². The predicted octanol–water partition coefficient (Wildman–Crippen LogP) is 4.44. The van der Waals surface area contributed by atoms with Crippen LogP contribution in [0.4, 0.5) is 0 Å². The minimum absolute atomic E-state index is 0.111. The average molecular weight is 268 g/mol. The van der Waals surface area contributed by atoms with Crippen LogP contribution in [0.5, 0.6) is 0 Å². The summed E-state index contributed by atoms with van der Waals surface area (Å²) in [7, 11) is 0. The number of thiazole rings is 1. The monoisotopic (exact) mass is 268 g/mol. The molecule has 0 aliphatic rings. The van der Waals surface area contributed by atoms with Crippen LogP contribution >= 0.6 is 11.3 Å². The third kappa shape index (κ3) is 3.55. The molecule has 0 fully saturated rings. The standard InChI is InChI=1S/C15H28N2S/c1-7-11(3)9-15(16,8-2)13-17-12(10-18-13)14(4,5)6/h10-11H,7-9,16H2,1-6H3. The first-order valence-electron chi connectivity index (χ1n) is 6.98. The Morgan fingerprint density at radius 3 is 2.33 bits per heavy atom. The van der Waals surface area contributed by atoms with Gasteiger partial charge in [0.15, 0.2) is 0 Å². The number of aromatic nitrogens is 1. The van der Waals surface area contributed by atoms with Crippen LogP contribution in [-0.4, -0.2) is 4.98 Å². The van der Waals surface area contributed by atoms with Gasteiger partial charge in [-0.3, -0.25) is 0 Å². The maximum Gasteiger partial charge on any atom is 0.113 e. The second-order valence-corrected chi connectivity index (χ2v) is 7.37. The zero-order valence-corrected chi connectivity index (χ0v) is 13.5. The van der Waals surface area contributed by atoms with E-state index in [9.17, 15) is 0 Å². The molecule has 104 valence electrons. The molecule has 2 N–H and O–H groups in total. The predicted molar refractivity (Wildman–Crippen MR) is 81.0 cm³/mol. The number of nitrogens with zero attached hydrogens (tertiary/aromatic N) is 1. The average Bonchev–Trinajstić information content (AvgIpc) is 2.78. The highest BCUT2D eigenvalue weighted by molar-refractivity contribution is 7.09. The molecule has 0 spiro atoms. The summed E-state index contributed by atoms with van der Waals surface area (Å²) in [5, 5.41) is 3.28. The second-order valence-electron chi connectivity index (χ2n) is 6.52. The normalized spacial score (nSPS) is 17.5. The molecule has 2 nitrogen and oxygen atoms in total. The molecule has 0 saturated heterocycles. The van der Waals surface area contributed by atoms with E-state index in [0.717, 1.165) is 23.5 Å². The van der Waals surface area contributed by atoms with Crippen LogP contribution in [0, 0.1) is 5.92 Å². The van der Waals surface area contributed by atoms with E-state index in [1.807, 2.05) is 0 Å². The highest BCUT2D eigenvalue weighted by Gasteiger charge is 2.31. The van der Waals surface area contributed by atoms with Crippen molar-refractivity contribution in [2.75, 3.05) is 0 Å². The van der Waals surface area contributed by atoms with Gasteiger partial charge in [0.05, 0.1) is 11.2 Å². The highest BCUT2D eigenvalue weighted by Crippen LogP contribution is 2.34. The SMILES string of the molecule is CCC(C)CC(N)(CC)c1nc(C(C)(C)C)cs1. The fourth-order valence-corrected chi connectivity index (χ4v) is 3.24. The van der Waals surface area contributed by atoms with Crippen molar-refractivity contribution in [2.24, 2.45) is 11.7 Å². The van der Waals surface area contributed by atoms with Crippen molar-refractivity contribution in [1.29, 1.82) is 0 Å². The summed E-state index contributed by atoms with van der Waals surface area (Å²) in [6.07, 6.45) is 3.15. The molecule has 1 aromatic rings. The van der Waals surface area contributed by atoms with E-state index in [0.29, 0.717) is 5.92 Å². The van der Waals surface area contributed by atoms with Crippen molar-refractivity contribution in [3.05, 3.63) is 16.1 Å². The van der Waals surface area contributed by atoms with Crippen LogP contribution < -0.4 is 5.73 Å². The Hall–Kier alpha value is -0.410. The molecular weight excluding hydrogens is 240 g/mol. The van der Waals surface area contributed by atoms with Gasteiger partial charge in [-0.1, -0.05) is 48.0 Å². The lowest BCUT2D eigenvalue weighted by Crippen LogP contribution is -2.37. The lowest BCUT2D eigenvalue weighted by atomic mass is 9.86. The molecule has 0 bridgehead atoms. The van der Waals surface area contributed by atoms with Crippen molar-refractivity contribution in [2.45, 2.75) is 71.8 Å². The van der Waals surface area contributed by atoms with E-state index in [4.69, 9.17) is 10.7 Å². The third-order valence-electron chi connectivity index (χ3n) is 3.74. The Bertz CT molecular complexity index is 378. The van der Waals surface area contributed by atoms with Crippen LogP contribution in [0.3, 0.4) is 0 Å². The molecule has 0 saturated carbocycles. The molecule has 18 heavy (non-hydrogen) atoms. The summed E-state index contributed by atoms with van der Waals surface area (Å²) in [6.45, 7) is 13.3. The summed E-state index contributed by atoms with van der Waals surface area (Å²) in [5.74, 6) is 0.650. The molecule has 1 rings (SSSR count). The summed E-state index contributed by atoms with van der Waals surface area (Å²) < 4.78 is 0. The molecule has 3 heteroatoms. The molecule has 1 heterocycles. The molecule has 0 aliphatic heterocycles. The summed E-state index contributed by atoms with van der Waals surface area (Å²) >= 11 is 1.72. The van der Waals surface area contributed by atoms with Crippen LogP contribution in [-0.2, 0) is 11.0 Å². The maximum atomic E-state index is 6.60. The molecule has 2 atom stereocenters. The molecule has 0 amide bonds. The fourth-order valence-electron chi connectivity index (χ4n) is 2.00. The summed E-state index contributed by atoms with van der Waals surface area (Å²) in [4.78, 5) is 4.81. The second kappa shape index (κ2) is 5.70. The Morgan fingerprint density at radius 1 is 1.33 bits per heavy atom. The zero-order chi connectivity index (χ0) is 14.0. The van der Waals surface area contributed by atoms with Gasteiger partial charge in [0.2, 0.25) is 0 Å². The maximum absolute atomic E-state index is 6.60. The Kier molecular flexibility index (Phi) is 4.96. The number of hydrogen-bond donors (Lipinski definition) is 1. The van der Waals surface area contributed by atoms with Crippen molar-refractivity contribution < 1.29 is 0 Å². The van der Waals surface area contributed by atoms with Crippen LogP contribution in [0.15, 0.2) is 5.38 Å². The number of nitrogens with two attached hydrogens (primary N) is 1. The molecule has 0 aliphatic carbocycles. The lowest BCUT2D eigenvalue weighted by molar-refractivity contribution is 0.317. The molecular formula is C15H28N2S. The van der Waals surface area contributed by atoms with E-state index in [2.05, 4.69) is 46.9 Å². The van der Waals surface area contributed by atoms with Crippen molar-refractivity contribution in [3.8, 4) is 0 Å². The molecule has 1 aromatic heterocycles. The van der Waals surface area contributed by atoms with E-state index in [-0.39, 0.29) is 11.0 Å². The zero-order valence-electron chi connectivity index (χ0n) is 12.7.